The van der Waals surface area contributed by atoms with Gasteiger partial charge in [0.1, 0.15) is 0 Å². The van der Waals surface area contributed by atoms with Gasteiger partial charge in [0.05, 0.1) is 17.9 Å². The quantitative estimate of drug-likeness (QED) is 0.489. The predicted octanol–water partition coefficient (Wildman–Crippen LogP) is 3.11. The molecule has 0 aliphatic heterocycles. The Morgan fingerprint density at radius 2 is 2.33 bits per heavy atom. The molecule has 0 saturated carbocycles. The zero-order valence-electron chi connectivity index (χ0n) is 11.1. The number of hydrogen-bond acceptors (Lipinski definition) is 5. The first-order valence-corrected chi connectivity index (χ1v) is 7.02. The van der Waals surface area contributed by atoms with Crippen molar-refractivity contribution in [1.82, 2.24) is 4.98 Å². The van der Waals surface area contributed by atoms with Crippen LogP contribution in [-0.4, -0.2) is 17.6 Å². The van der Waals surface area contributed by atoms with Gasteiger partial charge in [0, 0.05) is 5.38 Å². The number of hydrogen-bond donors (Lipinski definition) is 1. The van der Waals surface area contributed by atoms with Crippen LogP contribution in [0.3, 0.4) is 0 Å². The highest BCUT2D eigenvalue weighted by atomic mass is 32.1. The average Bonchev–Trinajstić information content (AvgIpc) is 2.72. The number of nitrogens with two attached hydrogens (primary N) is 1. The van der Waals surface area contributed by atoms with E-state index in [0.717, 1.165) is 12.8 Å². The Labute approximate surface area is 112 Å². The van der Waals surface area contributed by atoms with E-state index in [1.54, 1.807) is 5.38 Å². The van der Waals surface area contributed by atoms with Crippen LogP contribution < -0.4 is 5.73 Å². The molecule has 0 spiro atoms. The van der Waals surface area contributed by atoms with Crippen molar-refractivity contribution in [3.05, 3.63) is 17.2 Å². The Morgan fingerprint density at radius 3 is 2.83 bits per heavy atom. The van der Waals surface area contributed by atoms with Gasteiger partial charge < -0.3 is 10.5 Å². The minimum atomic E-state index is -0.317. The Kier molecular flexibility index (Phi) is 5.85. The van der Waals surface area contributed by atoms with Crippen LogP contribution in [0.5, 0.6) is 0 Å². The van der Waals surface area contributed by atoms with Crippen molar-refractivity contribution in [2.75, 3.05) is 12.3 Å². The maximum Gasteiger partial charge on any atom is 0.340 e. The molecule has 18 heavy (non-hydrogen) atoms. The molecule has 1 aromatic heterocycles. The third kappa shape index (κ3) is 4.49. The summed E-state index contributed by atoms with van der Waals surface area (Å²) in [4.78, 5) is 16.1. The minimum absolute atomic E-state index is 0.252. The summed E-state index contributed by atoms with van der Waals surface area (Å²) in [5.74, 6) is -0.0656. The number of thiazole rings is 1. The fourth-order valence-corrected chi connectivity index (χ4v) is 1.95. The number of rotatable bonds is 6. The molecule has 5 heteroatoms. The smallest absolute Gasteiger partial charge is 0.340 e. The second kappa shape index (κ2) is 7.16. The first-order valence-electron chi connectivity index (χ1n) is 6.15. The lowest BCUT2D eigenvalue weighted by molar-refractivity contribution is -0.136. The summed E-state index contributed by atoms with van der Waals surface area (Å²) < 4.78 is 5.23. The molecule has 0 aliphatic carbocycles. The standard InChI is InChI=1S/C13H20N2O2S/c1-4-5-6-17-12(16)10(7-9(2)3)11-8-18-13(14)15-11/h7-9H,4-6H2,1-3H3,(H2,14,15)/b10-7+. The van der Waals surface area contributed by atoms with Gasteiger partial charge in [-0.05, 0) is 12.3 Å². The van der Waals surface area contributed by atoms with Crippen LogP contribution in [0, 0.1) is 5.92 Å². The molecule has 1 rings (SSSR count). The summed E-state index contributed by atoms with van der Waals surface area (Å²) in [7, 11) is 0. The molecular weight excluding hydrogens is 248 g/mol. The minimum Gasteiger partial charge on any atom is -0.462 e. The number of nitrogen functional groups attached to an aromatic ring is 1. The summed E-state index contributed by atoms with van der Waals surface area (Å²) in [6.45, 7) is 6.52. The molecular formula is C13H20N2O2S. The van der Waals surface area contributed by atoms with E-state index in [4.69, 9.17) is 10.5 Å². The monoisotopic (exact) mass is 268 g/mol. The molecule has 0 bridgehead atoms. The van der Waals surface area contributed by atoms with E-state index >= 15 is 0 Å². The largest absolute Gasteiger partial charge is 0.462 e. The summed E-state index contributed by atoms with van der Waals surface area (Å²) in [5.41, 5.74) is 6.71. The van der Waals surface area contributed by atoms with Gasteiger partial charge in [-0.3, -0.25) is 0 Å². The van der Waals surface area contributed by atoms with Gasteiger partial charge in [-0.2, -0.15) is 0 Å². The van der Waals surface area contributed by atoms with Gasteiger partial charge >= 0.3 is 5.97 Å². The number of anilines is 1. The van der Waals surface area contributed by atoms with E-state index in [2.05, 4.69) is 11.9 Å². The molecule has 0 amide bonds. The maximum absolute atomic E-state index is 12.0. The molecule has 4 nitrogen and oxygen atoms in total. The third-order valence-electron chi connectivity index (χ3n) is 2.25. The van der Waals surface area contributed by atoms with E-state index in [1.165, 1.54) is 11.3 Å². The second-order valence-electron chi connectivity index (χ2n) is 4.38. The molecule has 0 aliphatic rings. The molecule has 0 unspecified atom stereocenters. The second-order valence-corrected chi connectivity index (χ2v) is 5.27. The number of esters is 1. The Hall–Kier alpha value is -1.36. The van der Waals surface area contributed by atoms with Crippen LogP contribution in [0.25, 0.3) is 5.57 Å². The molecule has 0 atom stereocenters. The first-order chi connectivity index (χ1) is 8.54. The van der Waals surface area contributed by atoms with Crippen LogP contribution in [0.15, 0.2) is 11.5 Å². The molecule has 1 heterocycles. The van der Waals surface area contributed by atoms with Gasteiger partial charge in [0.2, 0.25) is 0 Å². The van der Waals surface area contributed by atoms with Crippen molar-refractivity contribution < 1.29 is 9.53 Å². The normalized spacial score (nSPS) is 11.9. The number of aromatic nitrogens is 1. The van der Waals surface area contributed by atoms with Crippen molar-refractivity contribution in [2.45, 2.75) is 33.6 Å². The number of carbonyl (C=O) groups is 1. The van der Waals surface area contributed by atoms with Crippen molar-refractivity contribution in [3.63, 3.8) is 0 Å². The lowest BCUT2D eigenvalue weighted by Crippen LogP contribution is -2.09. The van der Waals surface area contributed by atoms with E-state index in [0.29, 0.717) is 23.0 Å². The fraction of sp³-hybridized carbons (Fsp3) is 0.538. The average molecular weight is 268 g/mol. The van der Waals surface area contributed by atoms with Crippen LogP contribution in [0.2, 0.25) is 0 Å². The third-order valence-corrected chi connectivity index (χ3v) is 2.92. The molecule has 0 radical (unpaired) electrons. The fourth-order valence-electron chi connectivity index (χ4n) is 1.39. The molecule has 2 N–H and O–H groups in total. The van der Waals surface area contributed by atoms with Crippen LogP contribution in [-0.2, 0) is 9.53 Å². The zero-order valence-corrected chi connectivity index (χ0v) is 11.9. The summed E-state index contributed by atoms with van der Waals surface area (Å²) in [5, 5.41) is 2.24. The number of carbonyl (C=O) groups excluding carboxylic acids is 1. The van der Waals surface area contributed by atoms with Gasteiger partial charge in [0.25, 0.3) is 0 Å². The van der Waals surface area contributed by atoms with E-state index in [9.17, 15) is 4.79 Å². The lowest BCUT2D eigenvalue weighted by Gasteiger charge is -2.07. The lowest BCUT2D eigenvalue weighted by atomic mass is 10.1. The summed E-state index contributed by atoms with van der Waals surface area (Å²) in [6, 6.07) is 0. The van der Waals surface area contributed by atoms with Gasteiger partial charge in [-0.25, -0.2) is 9.78 Å². The van der Waals surface area contributed by atoms with E-state index in [1.807, 2.05) is 19.9 Å². The number of nitrogens with zero attached hydrogens (tertiary/aromatic N) is 1. The van der Waals surface area contributed by atoms with Crippen LogP contribution in [0.1, 0.15) is 39.3 Å². The molecule has 100 valence electrons. The Bertz CT molecular complexity index is 424. The highest BCUT2D eigenvalue weighted by Crippen LogP contribution is 2.22. The highest BCUT2D eigenvalue weighted by molar-refractivity contribution is 7.13. The predicted molar refractivity (Wildman–Crippen MR) is 75.2 cm³/mol. The van der Waals surface area contributed by atoms with Crippen molar-refractivity contribution in [1.29, 1.82) is 0 Å². The van der Waals surface area contributed by atoms with Gasteiger partial charge in [-0.1, -0.05) is 33.3 Å². The Balaban J connectivity index is 2.83. The van der Waals surface area contributed by atoms with Gasteiger partial charge in [0.15, 0.2) is 5.13 Å². The topological polar surface area (TPSA) is 65.2 Å². The van der Waals surface area contributed by atoms with Crippen molar-refractivity contribution in [3.8, 4) is 0 Å². The summed E-state index contributed by atoms with van der Waals surface area (Å²) in [6.07, 6.45) is 3.74. The maximum atomic E-state index is 12.0. The SMILES string of the molecule is CCCCOC(=O)/C(=C/C(C)C)c1csc(N)n1. The van der Waals surface area contributed by atoms with E-state index < -0.39 is 0 Å². The number of ether oxygens (including phenoxy) is 1. The molecule has 0 aromatic carbocycles. The zero-order chi connectivity index (χ0) is 13.5. The van der Waals surface area contributed by atoms with Crippen molar-refractivity contribution >= 4 is 28.0 Å². The summed E-state index contributed by atoms with van der Waals surface area (Å²) >= 11 is 1.32. The van der Waals surface area contributed by atoms with Crippen LogP contribution >= 0.6 is 11.3 Å². The van der Waals surface area contributed by atoms with Crippen molar-refractivity contribution in [2.24, 2.45) is 5.92 Å². The van der Waals surface area contributed by atoms with Crippen LogP contribution in [0.4, 0.5) is 5.13 Å². The number of allylic oxidation sites excluding steroid dienone is 1. The van der Waals surface area contributed by atoms with Gasteiger partial charge in [-0.15, -0.1) is 11.3 Å². The first kappa shape index (κ1) is 14.7. The molecule has 0 saturated heterocycles. The molecule has 0 fully saturated rings. The number of unbranched alkanes of at least 4 members (excludes halogenated alkanes) is 1. The molecule has 1 aromatic rings. The Morgan fingerprint density at radius 1 is 1.61 bits per heavy atom. The van der Waals surface area contributed by atoms with E-state index in [-0.39, 0.29) is 11.9 Å². The highest BCUT2D eigenvalue weighted by Gasteiger charge is 2.16.